The molecule has 0 unspecified atom stereocenters. The van der Waals surface area contributed by atoms with Crippen LogP contribution in [0.1, 0.15) is 5.56 Å². The minimum Gasteiger partial charge on any atom is -0.497 e. The van der Waals surface area contributed by atoms with Crippen LogP contribution < -0.4 is 24.4 Å². The molecule has 1 amide bonds. The van der Waals surface area contributed by atoms with E-state index in [1.165, 1.54) is 13.2 Å². The van der Waals surface area contributed by atoms with Gasteiger partial charge >= 0.3 is 13.2 Å². The molecule has 2 rings (SSSR count). The largest absolute Gasteiger partial charge is 0.497 e. The number of benzene rings is 2. The van der Waals surface area contributed by atoms with Gasteiger partial charge in [0, 0.05) is 11.6 Å². The quantitative estimate of drug-likeness (QED) is 0.365. The molecular formula is C18H16F4N2O5. The van der Waals surface area contributed by atoms with Gasteiger partial charge in [-0.05, 0) is 36.4 Å². The first-order valence-corrected chi connectivity index (χ1v) is 8.00. The van der Waals surface area contributed by atoms with Crippen molar-refractivity contribution in [3.05, 3.63) is 48.0 Å². The minimum absolute atomic E-state index is 0.00305. The van der Waals surface area contributed by atoms with Crippen LogP contribution in [0.25, 0.3) is 0 Å². The van der Waals surface area contributed by atoms with E-state index in [1.807, 2.05) is 0 Å². The number of hydrazone groups is 1. The molecule has 0 radical (unpaired) electrons. The second kappa shape index (κ2) is 10.7. The molecule has 0 heterocycles. The van der Waals surface area contributed by atoms with Crippen LogP contribution in [0.3, 0.4) is 0 Å². The highest BCUT2D eigenvalue weighted by molar-refractivity contribution is 5.85. The number of methoxy groups -OCH3 is 1. The molecular weight excluding hydrogens is 400 g/mol. The van der Waals surface area contributed by atoms with Crippen LogP contribution >= 0.6 is 0 Å². The zero-order valence-electron chi connectivity index (χ0n) is 15.0. The second-order valence-electron chi connectivity index (χ2n) is 5.21. The van der Waals surface area contributed by atoms with Crippen molar-refractivity contribution in [3.63, 3.8) is 0 Å². The average molecular weight is 416 g/mol. The number of hydrogen-bond donors (Lipinski definition) is 1. The number of nitrogens with zero attached hydrogens (tertiary/aromatic N) is 1. The van der Waals surface area contributed by atoms with Gasteiger partial charge in [0.05, 0.1) is 13.3 Å². The van der Waals surface area contributed by atoms with E-state index in [9.17, 15) is 22.4 Å². The Balaban J connectivity index is 1.94. The zero-order valence-corrected chi connectivity index (χ0v) is 15.0. The number of halogens is 4. The van der Waals surface area contributed by atoms with E-state index in [0.717, 1.165) is 18.3 Å². The second-order valence-corrected chi connectivity index (χ2v) is 5.21. The molecule has 0 aliphatic heterocycles. The van der Waals surface area contributed by atoms with Gasteiger partial charge in [0.1, 0.15) is 23.0 Å². The number of ether oxygens (including phenoxy) is 4. The highest BCUT2D eigenvalue weighted by atomic mass is 19.3. The highest BCUT2D eigenvalue weighted by Gasteiger charge is 2.12. The first kappa shape index (κ1) is 21.8. The summed E-state index contributed by atoms with van der Waals surface area (Å²) in [7, 11) is 1.51. The van der Waals surface area contributed by atoms with Crippen LogP contribution in [0, 0.1) is 0 Å². The first-order chi connectivity index (χ1) is 13.9. The molecule has 156 valence electrons. The lowest BCUT2D eigenvalue weighted by Gasteiger charge is -2.10. The summed E-state index contributed by atoms with van der Waals surface area (Å²) < 4.78 is 68.1. The van der Waals surface area contributed by atoms with E-state index < -0.39 is 24.9 Å². The SMILES string of the molecule is COc1ccc(OCC(=O)N/N=C/c2ccc(OC(F)F)cc2OC(F)F)cc1. The van der Waals surface area contributed by atoms with Crippen molar-refractivity contribution in [1.82, 2.24) is 5.43 Å². The third-order valence-corrected chi connectivity index (χ3v) is 3.25. The molecule has 0 saturated carbocycles. The van der Waals surface area contributed by atoms with Gasteiger partial charge in [0.25, 0.3) is 5.91 Å². The number of carbonyl (C=O) groups is 1. The van der Waals surface area contributed by atoms with Crippen LogP contribution in [0.4, 0.5) is 17.6 Å². The molecule has 0 bridgehead atoms. The maximum absolute atomic E-state index is 12.5. The van der Waals surface area contributed by atoms with Crippen LogP contribution in [-0.4, -0.2) is 39.1 Å². The van der Waals surface area contributed by atoms with Gasteiger partial charge in [-0.15, -0.1) is 0 Å². The molecule has 29 heavy (non-hydrogen) atoms. The molecule has 2 aromatic carbocycles. The van der Waals surface area contributed by atoms with Crippen molar-refractivity contribution in [2.75, 3.05) is 13.7 Å². The van der Waals surface area contributed by atoms with Gasteiger partial charge in [-0.1, -0.05) is 0 Å². The van der Waals surface area contributed by atoms with Gasteiger partial charge in [-0.25, -0.2) is 5.43 Å². The van der Waals surface area contributed by atoms with E-state index in [1.54, 1.807) is 24.3 Å². The summed E-state index contributed by atoms with van der Waals surface area (Å²) in [6, 6.07) is 9.64. The van der Waals surface area contributed by atoms with Gasteiger partial charge in [0.2, 0.25) is 0 Å². The highest BCUT2D eigenvalue weighted by Crippen LogP contribution is 2.26. The fourth-order valence-corrected chi connectivity index (χ4v) is 2.02. The Hall–Kier alpha value is -3.50. The summed E-state index contributed by atoms with van der Waals surface area (Å²) in [5, 5.41) is 3.60. The molecule has 0 aliphatic carbocycles. The van der Waals surface area contributed by atoms with Crippen molar-refractivity contribution < 1.29 is 41.3 Å². The summed E-state index contributed by atoms with van der Waals surface area (Å²) >= 11 is 0. The standard InChI is InChI=1S/C18H16F4N2O5/c1-26-12-4-6-13(7-5-12)27-10-16(25)24-23-9-11-2-3-14(28-17(19)20)8-15(11)29-18(21)22/h2-9,17-18H,10H2,1H3,(H,24,25)/b23-9+. The third-order valence-electron chi connectivity index (χ3n) is 3.25. The van der Waals surface area contributed by atoms with Gasteiger partial charge in [-0.3, -0.25) is 4.79 Å². The van der Waals surface area contributed by atoms with Crippen molar-refractivity contribution >= 4 is 12.1 Å². The first-order valence-electron chi connectivity index (χ1n) is 8.00. The normalized spacial score (nSPS) is 11.0. The molecule has 1 N–H and O–H groups in total. The number of amides is 1. The third kappa shape index (κ3) is 7.56. The predicted octanol–water partition coefficient (Wildman–Crippen LogP) is 3.43. The zero-order chi connectivity index (χ0) is 21.2. The van der Waals surface area contributed by atoms with Crippen LogP contribution in [0.2, 0.25) is 0 Å². The fraction of sp³-hybridized carbons (Fsp3) is 0.222. The molecule has 0 saturated heterocycles. The Morgan fingerprint density at radius 3 is 2.24 bits per heavy atom. The molecule has 11 heteroatoms. The van der Waals surface area contributed by atoms with Crippen molar-refractivity contribution in [3.8, 4) is 23.0 Å². The minimum atomic E-state index is -3.20. The lowest BCUT2D eigenvalue weighted by molar-refractivity contribution is -0.123. The summed E-state index contributed by atoms with van der Waals surface area (Å²) in [4.78, 5) is 11.7. The van der Waals surface area contributed by atoms with Crippen molar-refractivity contribution in [2.45, 2.75) is 13.2 Å². The molecule has 0 aromatic heterocycles. The van der Waals surface area contributed by atoms with Crippen LogP contribution in [0.15, 0.2) is 47.6 Å². The maximum Gasteiger partial charge on any atom is 0.387 e. The van der Waals surface area contributed by atoms with E-state index in [4.69, 9.17) is 9.47 Å². The molecule has 0 fully saturated rings. The van der Waals surface area contributed by atoms with Gasteiger partial charge < -0.3 is 18.9 Å². The number of hydrogen-bond acceptors (Lipinski definition) is 6. The summed E-state index contributed by atoms with van der Waals surface area (Å²) in [5.41, 5.74) is 2.14. The number of alkyl halides is 4. The van der Waals surface area contributed by atoms with E-state index >= 15 is 0 Å². The van der Waals surface area contributed by atoms with Crippen LogP contribution in [0.5, 0.6) is 23.0 Å². The Kier molecular flexibility index (Phi) is 8.07. The number of rotatable bonds is 10. The molecule has 7 nitrogen and oxygen atoms in total. The van der Waals surface area contributed by atoms with Crippen molar-refractivity contribution in [2.24, 2.45) is 5.10 Å². The monoisotopic (exact) mass is 416 g/mol. The van der Waals surface area contributed by atoms with Crippen molar-refractivity contribution in [1.29, 1.82) is 0 Å². The van der Waals surface area contributed by atoms with Gasteiger partial charge in [-0.2, -0.15) is 22.7 Å². The van der Waals surface area contributed by atoms with Gasteiger partial charge in [0.15, 0.2) is 6.61 Å². The van der Waals surface area contributed by atoms with E-state index in [2.05, 4.69) is 20.0 Å². The number of nitrogens with one attached hydrogen (secondary N) is 1. The molecule has 0 atom stereocenters. The lowest BCUT2D eigenvalue weighted by atomic mass is 10.2. The Morgan fingerprint density at radius 1 is 1.00 bits per heavy atom. The van der Waals surface area contributed by atoms with Crippen LogP contribution in [-0.2, 0) is 4.79 Å². The number of carbonyl (C=O) groups excluding carboxylic acids is 1. The molecule has 2 aromatic rings. The topological polar surface area (TPSA) is 78.4 Å². The summed E-state index contributed by atoms with van der Waals surface area (Å²) in [6.07, 6.45) is 1.01. The lowest BCUT2D eigenvalue weighted by Crippen LogP contribution is -2.24. The van der Waals surface area contributed by atoms with E-state index in [0.29, 0.717) is 11.5 Å². The summed E-state index contributed by atoms with van der Waals surface area (Å²) in [5.74, 6) is -0.397. The van der Waals surface area contributed by atoms with E-state index in [-0.39, 0.29) is 17.9 Å². The Morgan fingerprint density at radius 2 is 1.62 bits per heavy atom. The Bertz CT molecular complexity index is 832. The molecule has 0 aliphatic rings. The Labute approximate surface area is 162 Å². The smallest absolute Gasteiger partial charge is 0.387 e. The maximum atomic E-state index is 12.5. The molecule has 0 spiro atoms. The predicted molar refractivity (Wildman–Crippen MR) is 93.9 cm³/mol. The average Bonchev–Trinajstić information content (AvgIpc) is 2.67. The fourth-order valence-electron chi connectivity index (χ4n) is 2.02. The summed E-state index contributed by atoms with van der Waals surface area (Å²) in [6.45, 7) is -6.68.